The van der Waals surface area contributed by atoms with E-state index in [2.05, 4.69) is 26.3 Å². The van der Waals surface area contributed by atoms with Crippen LogP contribution in [0, 0.1) is 20.8 Å². The third-order valence-electron chi connectivity index (χ3n) is 2.99. The summed E-state index contributed by atoms with van der Waals surface area (Å²) in [5.41, 5.74) is 3.39. The molecule has 6 heteroatoms. The van der Waals surface area contributed by atoms with E-state index >= 15 is 0 Å². The van der Waals surface area contributed by atoms with Crippen molar-refractivity contribution in [2.24, 2.45) is 0 Å². The molecule has 2 rings (SSSR count). The quantitative estimate of drug-likeness (QED) is 0.907. The first-order chi connectivity index (χ1) is 9.38. The summed E-state index contributed by atoms with van der Waals surface area (Å²) >= 11 is 9.50. The average molecular weight is 357 g/mol. The van der Waals surface area contributed by atoms with Crippen molar-refractivity contribution in [3.05, 3.63) is 44.6 Å². The molecule has 0 saturated carbocycles. The summed E-state index contributed by atoms with van der Waals surface area (Å²) in [5.74, 6) is -0.142. The molecule has 106 valence electrons. The molecule has 0 bridgehead atoms. The van der Waals surface area contributed by atoms with Gasteiger partial charge in [-0.05, 0) is 54.4 Å². The molecule has 0 aliphatic heterocycles. The zero-order valence-electron chi connectivity index (χ0n) is 11.5. The van der Waals surface area contributed by atoms with E-state index in [1.54, 1.807) is 4.68 Å². The van der Waals surface area contributed by atoms with Crippen LogP contribution in [0.25, 0.3) is 0 Å². The minimum atomic E-state index is -0.142. The summed E-state index contributed by atoms with van der Waals surface area (Å²) in [6, 6.07) is 5.77. The van der Waals surface area contributed by atoms with E-state index in [1.165, 1.54) is 0 Å². The number of hydrogen-bond acceptors (Lipinski definition) is 2. The summed E-state index contributed by atoms with van der Waals surface area (Å²) in [4.78, 5) is 12.1. The van der Waals surface area contributed by atoms with Crippen molar-refractivity contribution in [3.8, 4) is 0 Å². The van der Waals surface area contributed by atoms with Crippen molar-refractivity contribution in [2.75, 3.05) is 5.32 Å². The summed E-state index contributed by atoms with van der Waals surface area (Å²) in [6.07, 6.45) is 0. The van der Waals surface area contributed by atoms with Gasteiger partial charge in [0.25, 0.3) is 0 Å². The fraction of sp³-hybridized carbons (Fsp3) is 0.286. The fourth-order valence-electron chi connectivity index (χ4n) is 1.88. The normalized spacial score (nSPS) is 10.7. The van der Waals surface area contributed by atoms with Crippen LogP contribution in [0.2, 0.25) is 5.02 Å². The summed E-state index contributed by atoms with van der Waals surface area (Å²) in [7, 11) is 0. The van der Waals surface area contributed by atoms with Gasteiger partial charge in [0.2, 0.25) is 5.91 Å². The molecule has 0 spiro atoms. The van der Waals surface area contributed by atoms with Crippen molar-refractivity contribution in [1.29, 1.82) is 0 Å². The van der Waals surface area contributed by atoms with Crippen molar-refractivity contribution in [3.63, 3.8) is 0 Å². The Hall–Kier alpha value is -1.33. The highest BCUT2D eigenvalue weighted by molar-refractivity contribution is 9.10. The Bertz CT molecular complexity index is 667. The first-order valence-corrected chi connectivity index (χ1v) is 7.31. The van der Waals surface area contributed by atoms with Gasteiger partial charge in [-0.1, -0.05) is 17.7 Å². The lowest BCUT2D eigenvalue weighted by molar-refractivity contribution is -0.116. The molecule has 0 radical (unpaired) electrons. The predicted octanol–water partition coefficient (Wildman–Crippen LogP) is 3.86. The molecule has 20 heavy (non-hydrogen) atoms. The highest BCUT2D eigenvalue weighted by atomic mass is 79.9. The number of aryl methyl sites for hydroxylation is 2. The van der Waals surface area contributed by atoms with Gasteiger partial charge >= 0.3 is 0 Å². The maximum atomic E-state index is 12.1. The SMILES string of the molecule is Cc1ccc(NC(=O)Cn2nc(C)c(Cl)c2C)c(Br)c1. The molecule has 1 aromatic heterocycles. The van der Waals surface area contributed by atoms with Crippen molar-refractivity contribution in [2.45, 2.75) is 27.3 Å². The van der Waals surface area contributed by atoms with Crippen LogP contribution >= 0.6 is 27.5 Å². The average Bonchev–Trinajstić information content (AvgIpc) is 2.61. The molecule has 0 aliphatic rings. The van der Waals surface area contributed by atoms with Crippen molar-refractivity contribution in [1.82, 2.24) is 9.78 Å². The Morgan fingerprint density at radius 3 is 2.65 bits per heavy atom. The number of aromatic nitrogens is 2. The second kappa shape index (κ2) is 5.97. The van der Waals surface area contributed by atoms with E-state index < -0.39 is 0 Å². The van der Waals surface area contributed by atoms with Gasteiger partial charge in [-0.2, -0.15) is 5.10 Å². The number of hydrogen-bond donors (Lipinski definition) is 1. The van der Waals surface area contributed by atoms with E-state index in [0.717, 1.165) is 27.1 Å². The standard InChI is InChI=1S/C14H15BrClN3O/c1-8-4-5-12(11(15)6-8)17-13(20)7-19-10(3)14(16)9(2)18-19/h4-6H,7H2,1-3H3,(H,17,20). The topological polar surface area (TPSA) is 46.9 Å². The number of benzene rings is 1. The van der Waals surface area contributed by atoms with Gasteiger partial charge in [0.05, 0.1) is 22.1 Å². The highest BCUT2D eigenvalue weighted by Crippen LogP contribution is 2.23. The molecule has 0 atom stereocenters. The monoisotopic (exact) mass is 355 g/mol. The summed E-state index contributed by atoms with van der Waals surface area (Å²) in [5, 5.41) is 7.70. The molecule has 1 N–H and O–H groups in total. The number of carbonyl (C=O) groups excluding carboxylic acids is 1. The molecule has 0 saturated heterocycles. The van der Waals surface area contributed by atoms with E-state index in [-0.39, 0.29) is 12.5 Å². The van der Waals surface area contributed by atoms with Crippen LogP contribution in [-0.4, -0.2) is 15.7 Å². The molecule has 0 aliphatic carbocycles. The van der Waals surface area contributed by atoms with Crippen LogP contribution in [0.5, 0.6) is 0 Å². The zero-order valence-corrected chi connectivity index (χ0v) is 13.8. The first-order valence-electron chi connectivity index (χ1n) is 6.14. The van der Waals surface area contributed by atoms with E-state index in [4.69, 9.17) is 11.6 Å². The number of halogens is 2. The van der Waals surface area contributed by atoms with Crippen LogP contribution in [0.1, 0.15) is 17.0 Å². The maximum absolute atomic E-state index is 12.1. The van der Waals surface area contributed by atoms with E-state index in [1.807, 2.05) is 39.0 Å². The smallest absolute Gasteiger partial charge is 0.246 e. The summed E-state index contributed by atoms with van der Waals surface area (Å²) in [6.45, 7) is 5.80. The second-order valence-electron chi connectivity index (χ2n) is 4.67. The maximum Gasteiger partial charge on any atom is 0.246 e. The Morgan fingerprint density at radius 1 is 1.40 bits per heavy atom. The lowest BCUT2D eigenvalue weighted by Crippen LogP contribution is -2.20. The third-order valence-corrected chi connectivity index (χ3v) is 4.19. The number of rotatable bonds is 3. The summed E-state index contributed by atoms with van der Waals surface area (Å²) < 4.78 is 2.46. The number of nitrogens with zero attached hydrogens (tertiary/aromatic N) is 2. The minimum Gasteiger partial charge on any atom is -0.323 e. The van der Waals surface area contributed by atoms with Gasteiger partial charge in [0, 0.05) is 4.47 Å². The predicted molar refractivity (Wildman–Crippen MR) is 84.2 cm³/mol. The van der Waals surface area contributed by atoms with Crippen molar-refractivity contribution < 1.29 is 4.79 Å². The van der Waals surface area contributed by atoms with Gasteiger partial charge in [-0.15, -0.1) is 0 Å². The Kier molecular flexibility index (Phi) is 4.50. The molecule has 1 amide bonds. The fourth-order valence-corrected chi connectivity index (χ4v) is 2.60. The molecule has 2 aromatic rings. The van der Waals surface area contributed by atoms with Gasteiger partial charge in [-0.3, -0.25) is 9.48 Å². The highest BCUT2D eigenvalue weighted by Gasteiger charge is 2.13. The Morgan fingerprint density at radius 2 is 2.10 bits per heavy atom. The molecule has 0 unspecified atom stereocenters. The Labute approximate surface area is 131 Å². The van der Waals surface area contributed by atoms with Crippen LogP contribution in [0.3, 0.4) is 0 Å². The Balaban J connectivity index is 2.11. The molecule has 1 aromatic carbocycles. The third kappa shape index (κ3) is 3.22. The molecule has 4 nitrogen and oxygen atoms in total. The first kappa shape index (κ1) is 15.1. The van der Waals surface area contributed by atoms with Crippen LogP contribution in [0.15, 0.2) is 22.7 Å². The van der Waals surface area contributed by atoms with Gasteiger partial charge in [0.15, 0.2) is 0 Å². The number of nitrogens with one attached hydrogen (secondary N) is 1. The molecule has 0 fully saturated rings. The molecular formula is C14H15BrClN3O. The van der Waals surface area contributed by atoms with Gasteiger partial charge < -0.3 is 5.32 Å². The second-order valence-corrected chi connectivity index (χ2v) is 5.91. The number of carbonyl (C=O) groups is 1. The van der Waals surface area contributed by atoms with Crippen LogP contribution in [0.4, 0.5) is 5.69 Å². The number of amides is 1. The van der Waals surface area contributed by atoms with E-state index in [0.29, 0.717) is 5.02 Å². The lowest BCUT2D eigenvalue weighted by Gasteiger charge is -2.09. The number of anilines is 1. The molecule has 1 heterocycles. The zero-order chi connectivity index (χ0) is 14.9. The largest absolute Gasteiger partial charge is 0.323 e. The van der Waals surface area contributed by atoms with Crippen LogP contribution in [-0.2, 0) is 11.3 Å². The van der Waals surface area contributed by atoms with Crippen molar-refractivity contribution >= 4 is 39.1 Å². The van der Waals surface area contributed by atoms with E-state index in [9.17, 15) is 4.79 Å². The minimum absolute atomic E-state index is 0.139. The van der Waals surface area contributed by atoms with Gasteiger partial charge in [0.1, 0.15) is 6.54 Å². The van der Waals surface area contributed by atoms with Crippen LogP contribution < -0.4 is 5.32 Å². The molecular weight excluding hydrogens is 342 g/mol. The lowest BCUT2D eigenvalue weighted by atomic mass is 10.2. The van der Waals surface area contributed by atoms with Gasteiger partial charge in [-0.25, -0.2) is 0 Å².